The molecule has 2 aromatic rings. The van der Waals surface area contributed by atoms with Gasteiger partial charge in [0.2, 0.25) is 0 Å². The minimum atomic E-state index is 0.617. The minimum Gasteiger partial charge on any atom is -0.493 e. The molecule has 0 unspecified atom stereocenters. The number of aryl methyl sites for hydroxylation is 2. The topological polar surface area (TPSA) is 21.6 Å². The van der Waals surface area contributed by atoms with Gasteiger partial charge in [0.05, 0.1) is 12.3 Å². The van der Waals surface area contributed by atoms with E-state index in [0.717, 1.165) is 22.6 Å². The Labute approximate surface area is 125 Å². The molecule has 3 heteroatoms. The second kappa shape index (κ2) is 6.58. The van der Waals surface area contributed by atoms with E-state index in [1.165, 1.54) is 5.56 Å². The van der Waals surface area contributed by atoms with Crippen molar-refractivity contribution in [2.24, 2.45) is 4.99 Å². The molecule has 0 aliphatic heterocycles. The lowest BCUT2D eigenvalue weighted by Gasteiger charge is -2.07. The van der Waals surface area contributed by atoms with Crippen LogP contribution in [0.1, 0.15) is 23.6 Å². The van der Waals surface area contributed by atoms with Crippen molar-refractivity contribution in [1.82, 2.24) is 0 Å². The third-order valence-electron chi connectivity index (χ3n) is 2.98. The molecule has 0 saturated carbocycles. The number of hydrogen-bond donors (Lipinski definition) is 0. The fourth-order valence-electron chi connectivity index (χ4n) is 1.90. The summed E-state index contributed by atoms with van der Waals surface area (Å²) in [6, 6.07) is 11.8. The van der Waals surface area contributed by atoms with Crippen LogP contribution in [-0.4, -0.2) is 12.8 Å². The van der Waals surface area contributed by atoms with E-state index in [-0.39, 0.29) is 0 Å². The Morgan fingerprint density at radius 3 is 2.70 bits per heavy atom. The van der Waals surface area contributed by atoms with Crippen LogP contribution < -0.4 is 4.74 Å². The average Bonchev–Trinajstić information content (AvgIpc) is 2.42. The molecule has 20 heavy (non-hydrogen) atoms. The number of benzene rings is 2. The third kappa shape index (κ3) is 3.61. The highest BCUT2D eigenvalue weighted by atomic mass is 35.5. The second-order valence-electron chi connectivity index (χ2n) is 4.66. The highest BCUT2D eigenvalue weighted by Crippen LogP contribution is 2.24. The molecule has 0 radical (unpaired) electrons. The van der Waals surface area contributed by atoms with E-state index >= 15 is 0 Å². The van der Waals surface area contributed by atoms with E-state index in [4.69, 9.17) is 16.3 Å². The van der Waals surface area contributed by atoms with Crippen LogP contribution in [0, 0.1) is 13.8 Å². The number of aliphatic imine (C=N–C) groups is 1. The Bertz CT molecular complexity index is 635. The van der Waals surface area contributed by atoms with Gasteiger partial charge in [-0.05, 0) is 56.2 Å². The summed E-state index contributed by atoms with van der Waals surface area (Å²) in [6.07, 6.45) is 1.80. The SMILES string of the molecule is CCOc1ccc(Cl)cc1C=Nc1cc(C)ccc1C. The smallest absolute Gasteiger partial charge is 0.128 e. The maximum absolute atomic E-state index is 6.04. The Morgan fingerprint density at radius 2 is 1.95 bits per heavy atom. The first kappa shape index (κ1) is 14.6. The molecule has 2 aromatic carbocycles. The van der Waals surface area contributed by atoms with Crippen molar-refractivity contribution in [3.05, 3.63) is 58.1 Å². The van der Waals surface area contributed by atoms with Gasteiger partial charge in [0, 0.05) is 16.8 Å². The highest BCUT2D eigenvalue weighted by molar-refractivity contribution is 6.30. The molecule has 0 aromatic heterocycles. The van der Waals surface area contributed by atoms with Crippen molar-refractivity contribution in [3.63, 3.8) is 0 Å². The molecule has 2 rings (SSSR count). The normalized spacial score (nSPS) is 11.0. The molecule has 0 saturated heterocycles. The summed E-state index contributed by atoms with van der Waals surface area (Å²) in [5.74, 6) is 0.797. The quantitative estimate of drug-likeness (QED) is 0.716. The monoisotopic (exact) mass is 287 g/mol. The Kier molecular flexibility index (Phi) is 4.80. The number of rotatable bonds is 4. The molecule has 0 aliphatic rings. The molecular weight excluding hydrogens is 270 g/mol. The van der Waals surface area contributed by atoms with Crippen molar-refractivity contribution in [2.75, 3.05) is 6.61 Å². The van der Waals surface area contributed by atoms with Crippen molar-refractivity contribution >= 4 is 23.5 Å². The Hall–Kier alpha value is -1.80. The van der Waals surface area contributed by atoms with Gasteiger partial charge in [-0.15, -0.1) is 0 Å². The summed E-state index contributed by atoms with van der Waals surface area (Å²) >= 11 is 6.04. The van der Waals surface area contributed by atoms with Crippen LogP contribution in [0.5, 0.6) is 5.75 Å². The number of halogens is 1. The van der Waals surface area contributed by atoms with E-state index in [1.807, 2.05) is 32.0 Å². The second-order valence-corrected chi connectivity index (χ2v) is 5.10. The van der Waals surface area contributed by atoms with Crippen molar-refractivity contribution in [1.29, 1.82) is 0 Å². The first-order valence-electron chi connectivity index (χ1n) is 6.64. The highest BCUT2D eigenvalue weighted by Gasteiger charge is 2.03. The molecule has 0 N–H and O–H groups in total. The summed E-state index contributed by atoms with van der Waals surface area (Å²) < 4.78 is 5.58. The zero-order valence-electron chi connectivity index (χ0n) is 12.0. The van der Waals surface area contributed by atoms with Gasteiger partial charge in [-0.2, -0.15) is 0 Å². The van der Waals surface area contributed by atoms with Gasteiger partial charge in [-0.25, -0.2) is 0 Å². The van der Waals surface area contributed by atoms with E-state index in [1.54, 1.807) is 6.21 Å². The predicted octanol–water partition coefficient (Wildman–Crippen LogP) is 5.11. The molecular formula is C17H18ClNO. The minimum absolute atomic E-state index is 0.617. The molecule has 0 bridgehead atoms. The van der Waals surface area contributed by atoms with Gasteiger partial charge >= 0.3 is 0 Å². The first-order chi connectivity index (χ1) is 9.60. The third-order valence-corrected chi connectivity index (χ3v) is 3.21. The van der Waals surface area contributed by atoms with Crippen LogP contribution in [0.3, 0.4) is 0 Å². The largest absolute Gasteiger partial charge is 0.493 e. The van der Waals surface area contributed by atoms with Crippen LogP contribution >= 0.6 is 11.6 Å². The molecule has 104 valence electrons. The number of ether oxygens (including phenoxy) is 1. The molecule has 0 heterocycles. The van der Waals surface area contributed by atoms with Gasteiger partial charge < -0.3 is 4.74 Å². The number of nitrogens with zero attached hydrogens (tertiary/aromatic N) is 1. The van der Waals surface area contributed by atoms with E-state index in [0.29, 0.717) is 11.6 Å². The Balaban J connectivity index is 2.35. The summed E-state index contributed by atoms with van der Waals surface area (Å²) in [5.41, 5.74) is 4.19. The zero-order valence-corrected chi connectivity index (χ0v) is 12.7. The van der Waals surface area contributed by atoms with Gasteiger partial charge in [0.15, 0.2) is 0 Å². The lowest BCUT2D eigenvalue weighted by molar-refractivity contribution is 0.340. The molecule has 0 amide bonds. The molecule has 2 nitrogen and oxygen atoms in total. The fourth-order valence-corrected chi connectivity index (χ4v) is 2.09. The van der Waals surface area contributed by atoms with Gasteiger partial charge in [-0.1, -0.05) is 23.7 Å². The van der Waals surface area contributed by atoms with Crippen LogP contribution in [0.2, 0.25) is 5.02 Å². The van der Waals surface area contributed by atoms with Crippen LogP contribution in [0.15, 0.2) is 41.4 Å². The fraction of sp³-hybridized carbons (Fsp3) is 0.235. The summed E-state index contributed by atoms with van der Waals surface area (Å²) in [4.78, 5) is 4.56. The molecule has 0 spiro atoms. The van der Waals surface area contributed by atoms with E-state index < -0.39 is 0 Å². The zero-order chi connectivity index (χ0) is 14.5. The Morgan fingerprint density at radius 1 is 1.15 bits per heavy atom. The van der Waals surface area contributed by atoms with Crippen LogP contribution in [0.4, 0.5) is 5.69 Å². The average molecular weight is 288 g/mol. The molecule has 0 aliphatic carbocycles. The number of hydrogen-bond acceptors (Lipinski definition) is 2. The maximum atomic E-state index is 6.04. The summed E-state index contributed by atoms with van der Waals surface area (Å²) in [7, 11) is 0. The molecule has 0 fully saturated rings. The van der Waals surface area contributed by atoms with Crippen molar-refractivity contribution in [2.45, 2.75) is 20.8 Å². The maximum Gasteiger partial charge on any atom is 0.128 e. The lowest BCUT2D eigenvalue weighted by atomic mass is 10.1. The standard InChI is InChI=1S/C17H18ClNO/c1-4-20-17-8-7-15(18)10-14(17)11-19-16-9-12(2)5-6-13(16)3/h5-11H,4H2,1-3H3. The van der Waals surface area contributed by atoms with Gasteiger partial charge in [0.25, 0.3) is 0 Å². The van der Waals surface area contributed by atoms with Crippen molar-refractivity contribution in [3.8, 4) is 5.75 Å². The van der Waals surface area contributed by atoms with Gasteiger partial charge in [0.1, 0.15) is 5.75 Å². The summed E-state index contributed by atoms with van der Waals surface area (Å²) in [5, 5.41) is 0.677. The van der Waals surface area contributed by atoms with Gasteiger partial charge in [-0.3, -0.25) is 4.99 Å². The molecule has 0 atom stereocenters. The predicted molar refractivity (Wildman–Crippen MR) is 85.8 cm³/mol. The lowest BCUT2D eigenvalue weighted by Crippen LogP contribution is -1.96. The van der Waals surface area contributed by atoms with Crippen LogP contribution in [0.25, 0.3) is 0 Å². The summed E-state index contributed by atoms with van der Waals surface area (Å²) in [6.45, 7) is 6.68. The van der Waals surface area contributed by atoms with Crippen molar-refractivity contribution < 1.29 is 4.74 Å². The van der Waals surface area contributed by atoms with E-state index in [2.05, 4.69) is 30.1 Å². The first-order valence-corrected chi connectivity index (χ1v) is 7.01. The van der Waals surface area contributed by atoms with E-state index in [9.17, 15) is 0 Å². The van der Waals surface area contributed by atoms with Crippen LogP contribution in [-0.2, 0) is 0 Å².